The van der Waals surface area contributed by atoms with Crippen LogP contribution in [0.3, 0.4) is 0 Å². The SMILES string of the molecule is Cc1ccc(S(=O)(=O)c2c3c(=O)[nH]c(O)cc3nn2-c2ccccc2)cc1. The zero-order valence-electron chi connectivity index (χ0n) is 14.2. The number of sulfone groups is 1. The van der Waals surface area contributed by atoms with Gasteiger partial charge in [0.05, 0.1) is 10.6 Å². The predicted octanol–water partition coefficient (Wildman–Crippen LogP) is 2.56. The van der Waals surface area contributed by atoms with E-state index < -0.39 is 15.4 Å². The van der Waals surface area contributed by atoms with E-state index in [9.17, 15) is 18.3 Å². The van der Waals surface area contributed by atoms with Crippen LogP contribution in [0.4, 0.5) is 0 Å². The Hall–Kier alpha value is -3.39. The topological polar surface area (TPSA) is 105 Å². The zero-order valence-corrected chi connectivity index (χ0v) is 15.1. The molecule has 0 saturated heterocycles. The third kappa shape index (κ3) is 2.80. The summed E-state index contributed by atoms with van der Waals surface area (Å²) in [5.41, 5.74) is 0.764. The summed E-state index contributed by atoms with van der Waals surface area (Å²) in [6.07, 6.45) is 0. The van der Waals surface area contributed by atoms with E-state index in [0.29, 0.717) is 5.69 Å². The van der Waals surface area contributed by atoms with Crippen LogP contribution in [0, 0.1) is 6.92 Å². The number of aromatic nitrogens is 3. The lowest BCUT2D eigenvalue weighted by molar-refractivity contribution is 0.453. The van der Waals surface area contributed by atoms with Crippen LogP contribution >= 0.6 is 0 Å². The number of benzene rings is 2. The Bertz CT molecular complexity index is 1310. The van der Waals surface area contributed by atoms with Gasteiger partial charge in [0.15, 0.2) is 10.9 Å². The smallest absolute Gasteiger partial charge is 0.263 e. The molecule has 2 heterocycles. The summed E-state index contributed by atoms with van der Waals surface area (Å²) in [4.78, 5) is 14.8. The van der Waals surface area contributed by atoms with Crippen molar-refractivity contribution >= 4 is 20.7 Å². The number of hydrogen-bond acceptors (Lipinski definition) is 5. The lowest BCUT2D eigenvalue weighted by Gasteiger charge is -2.09. The molecule has 0 saturated carbocycles. The van der Waals surface area contributed by atoms with E-state index in [1.165, 1.54) is 22.9 Å². The first-order valence-corrected chi connectivity index (χ1v) is 9.58. The molecule has 0 fully saturated rings. The fourth-order valence-electron chi connectivity index (χ4n) is 2.90. The average Bonchev–Trinajstić information content (AvgIpc) is 3.03. The van der Waals surface area contributed by atoms with Crippen LogP contribution < -0.4 is 5.56 Å². The lowest BCUT2D eigenvalue weighted by Crippen LogP contribution is -2.14. The number of fused-ring (bicyclic) bond motifs is 1. The van der Waals surface area contributed by atoms with Crippen molar-refractivity contribution in [2.75, 3.05) is 0 Å². The fourth-order valence-corrected chi connectivity index (χ4v) is 4.46. The number of rotatable bonds is 3. The Morgan fingerprint density at radius 1 is 1.04 bits per heavy atom. The molecule has 0 aliphatic carbocycles. The molecule has 0 atom stereocenters. The largest absolute Gasteiger partial charge is 0.494 e. The van der Waals surface area contributed by atoms with Gasteiger partial charge in [0.2, 0.25) is 9.84 Å². The molecular formula is C19H15N3O4S. The summed E-state index contributed by atoms with van der Waals surface area (Å²) in [5.74, 6) is -0.385. The Morgan fingerprint density at radius 3 is 2.37 bits per heavy atom. The van der Waals surface area contributed by atoms with E-state index in [1.54, 1.807) is 42.5 Å². The number of nitrogens with zero attached hydrogens (tertiary/aromatic N) is 2. The molecule has 0 bridgehead atoms. The van der Waals surface area contributed by atoms with Crippen molar-refractivity contribution in [3.05, 3.63) is 76.6 Å². The van der Waals surface area contributed by atoms with E-state index >= 15 is 0 Å². The van der Waals surface area contributed by atoms with Gasteiger partial charge in [-0.05, 0) is 31.2 Å². The highest BCUT2D eigenvalue weighted by Crippen LogP contribution is 2.29. The first-order valence-electron chi connectivity index (χ1n) is 8.10. The summed E-state index contributed by atoms with van der Waals surface area (Å²) in [7, 11) is -4.05. The summed E-state index contributed by atoms with van der Waals surface area (Å²) < 4.78 is 28.0. The van der Waals surface area contributed by atoms with Gasteiger partial charge in [-0.25, -0.2) is 13.1 Å². The molecule has 0 amide bonds. The molecule has 0 radical (unpaired) electrons. The molecule has 2 aromatic carbocycles. The molecule has 7 nitrogen and oxygen atoms in total. The van der Waals surface area contributed by atoms with Crippen LogP contribution in [0.1, 0.15) is 5.56 Å². The highest BCUT2D eigenvalue weighted by Gasteiger charge is 2.29. The molecule has 0 aliphatic rings. The minimum absolute atomic E-state index is 0.0551. The molecule has 4 aromatic rings. The number of nitrogens with one attached hydrogen (secondary N) is 1. The number of aromatic amines is 1. The van der Waals surface area contributed by atoms with Gasteiger partial charge in [-0.1, -0.05) is 35.9 Å². The monoisotopic (exact) mass is 381 g/mol. The van der Waals surface area contributed by atoms with E-state index in [1.807, 2.05) is 6.92 Å². The van der Waals surface area contributed by atoms with Gasteiger partial charge < -0.3 is 5.11 Å². The summed E-state index contributed by atoms with van der Waals surface area (Å²) in [6, 6.07) is 16.2. The number of para-hydroxylation sites is 1. The van der Waals surface area contributed by atoms with Gasteiger partial charge in [-0.3, -0.25) is 9.78 Å². The second-order valence-electron chi connectivity index (χ2n) is 6.11. The number of aryl methyl sites for hydroxylation is 1. The third-order valence-corrected chi connectivity index (χ3v) is 5.98. The van der Waals surface area contributed by atoms with Crippen molar-refractivity contribution in [1.82, 2.24) is 14.8 Å². The Morgan fingerprint density at radius 2 is 1.70 bits per heavy atom. The van der Waals surface area contributed by atoms with Crippen molar-refractivity contribution in [2.24, 2.45) is 0 Å². The van der Waals surface area contributed by atoms with Crippen LogP contribution in [0.25, 0.3) is 16.6 Å². The van der Waals surface area contributed by atoms with Gasteiger partial charge in [-0.15, -0.1) is 0 Å². The van der Waals surface area contributed by atoms with E-state index in [-0.39, 0.29) is 26.7 Å². The van der Waals surface area contributed by atoms with Crippen molar-refractivity contribution in [3.8, 4) is 11.6 Å². The first kappa shape index (κ1) is 17.0. The van der Waals surface area contributed by atoms with Gasteiger partial charge in [0, 0.05) is 6.07 Å². The minimum Gasteiger partial charge on any atom is -0.494 e. The molecule has 136 valence electrons. The van der Waals surface area contributed by atoms with Crippen molar-refractivity contribution in [2.45, 2.75) is 16.8 Å². The van der Waals surface area contributed by atoms with E-state index in [4.69, 9.17) is 0 Å². The second-order valence-corrected chi connectivity index (χ2v) is 7.98. The molecular weight excluding hydrogens is 366 g/mol. The molecule has 27 heavy (non-hydrogen) atoms. The number of hydrogen-bond donors (Lipinski definition) is 2. The van der Waals surface area contributed by atoms with Crippen LogP contribution in [-0.2, 0) is 9.84 Å². The van der Waals surface area contributed by atoms with Crippen LogP contribution in [0.2, 0.25) is 0 Å². The van der Waals surface area contributed by atoms with E-state index in [2.05, 4.69) is 10.1 Å². The maximum atomic E-state index is 13.4. The van der Waals surface area contributed by atoms with E-state index in [0.717, 1.165) is 5.56 Å². The zero-order chi connectivity index (χ0) is 19.2. The molecule has 0 aliphatic heterocycles. The van der Waals surface area contributed by atoms with Crippen molar-refractivity contribution < 1.29 is 13.5 Å². The predicted molar refractivity (Wildman–Crippen MR) is 100.0 cm³/mol. The Balaban J connectivity index is 2.12. The standard InChI is InChI=1S/C19H15N3O4S/c1-12-7-9-14(10-8-12)27(25,26)19-17-15(11-16(23)20-18(17)24)21-22(19)13-5-3-2-4-6-13/h2-11,23H,1H3,(H,20,24). The molecule has 8 heteroatoms. The van der Waals surface area contributed by atoms with Crippen molar-refractivity contribution in [1.29, 1.82) is 0 Å². The second kappa shape index (κ2) is 6.10. The number of pyridine rings is 1. The van der Waals surface area contributed by atoms with Gasteiger partial charge in [0.1, 0.15) is 10.9 Å². The maximum absolute atomic E-state index is 13.4. The van der Waals surface area contributed by atoms with Crippen LogP contribution in [-0.4, -0.2) is 28.3 Å². The minimum atomic E-state index is -4.05. The van der Waals surface area contributed by atoms with Crippen LogP contribution in [0.5, 0.6) is 5.88 Å². The third-order valence-electron chi connectivity index (χ3n) is 4.20. The number of H-pyrrole nitrogens is 1. The molecule has 4 rings (SSSR count). The highest BCUT2D eigenvalue weighted by molar-refractivity contribution is 7.91. The summed E-state index contributed by atoms with van der Waals surface area (Å²) >= 11 is 0. The quantitative estimate of drug-likeness (QED) is 0.567. The summed E-state index contributed by atoms with van der Waals surface area (Å²) in [5, 5.41) is 13.6. The average molecular weight is 381 g/mol. The maximum Gasteiger partial charge on any atom is 0.263 e. The molecule has 2 aromatic heterocycles. The van der Waals surface area contributed by atoms with Gasteiger partial charge in [0.25, 0.3) is 5.56 Å². The van der Waals surface area contributed by atoms with Gasteiger partial charge >= 0.3 is 0 Å². The first-order chi connectivity index (χ1) is 12.9. The molecule has 0 spiro atoms. The fraction of sp³-hybridized carbons (Fsp3) is 0.0526. The lowest BCUT2D eigenvalue weighted by atomic mass is 10.2. The van der Waals surface area contributed by atoms with Crippen molar-refractivity contribution in [3.63, 3.8) is 0 Å². The summed E-state index contributed by atoms with van der Waals surface area (Å²) in [6.45, 7) is 1.85. The number of aromatic hydroxyl groups is 1. The Kier molecular flexibility index (Phi) is 3.85. The molecule has 2 N–H and O–H groups in total. The van der Waals surface area contributed by atoms with Gasteiger partial charge in [-0.2, -0.15) is 5.10 Å². The van der Waals surface area contributed by atoms with Crippen LogP contribution in [0.15, 0.2) is 75.4 Å². The Labute approximate surface area is 154 Å². The highest BCUT2D eigenvalue weighted by atomic mass is 32.2. The normalized spacial score (nSPS) is 11.7. The molecule has 0 unspecified atom stereocenters.